The van der Waals surface area contributed by atoms with Gasteiger partial charge in [-0.3, -0.25) is 4.79 Å². The first kappa shape index (κ1) is 21.3. The van der Waals surface area contributed by atoms with Gasteiger partial charge in [-0.1, -0.05) is 32.0 Å². The molecule has 0 saturated carbocycles. The van der Waals surface area contributed by atoms with Crippen molar-refractivity contribution in [1.82, 2.24) is 9.21 Å². The average Bonchev–Trinajstić information content (AvgIpc) is 2.73. The molecule has 1 fully saturated rings. The maximum atomic E-state index is 13.0. The first-order chi connectivity index (χ1) is 13.8. The first-order valence-electron chi connectivity index (χ1n) is 9.83. The number of nitrogens with zero attached hydrogens (tertiary/aromatic N) is 2. The Morgan fingerprint density at radius 1 is 1.03 bits per heavy atom. The fourth-order valence-corrected chi connectivity index (χ4v) is 4.91. The lowest BCUT2D eigenvalue weighted by Gasteiger charge is -2.34. The van der Waals surface area contributed by atoms with E-state index in [9.17, 15) is 13.2 Å². The fraction of sp³-hybridized carbons (Fsp3) is 0.409. The van der Waals surface area contributed by atoms with Gasteiger partial charge in [-0.15, -0.1) is 0 Å². The Kier molecular flexibility index (Phi) is 6.59. The molecule has 0 aliphatic carbocycles. The number of carbonyl (C=O) groups excluding carboxylic acids is 1. The van der Waals surface area contributed by atoms with E-state index >= 15 is 0 Å². The van der Waals surface area contributed by atoms with Crippen LogP contribution in [0.25, 0.3) is 0 Å². The van der Waals surface area contributed by atoms with Crippen LogP contribution < -0.4 is 4.74 Å². The molecule has 0 spiro atoms. The highest BCUT2D eigenvalue weighted by atomic mass is 32.2. The Labute approximate surface area is 173 Å². The average molecular weight is 417 g/mol. The molecule has 29 heavy (non-hydrogen) atoms. The van der Waals surface area contributed by atoms with E-state index in [1.54, 1.807) is 48.4 Å². The normalized spacial score (nSPS) is 15.5. The van der Waals surface area contributed by atoms with Crippen LogP contribution in [-0.2, 0) is 16.4 Å². The lowest BCUT2D eigenvalue weighted by molar-refractivity contribution is 0.0697. The van der Waals surface area contributed by atoms with Crippen molar-refractivity contribution in [2.45, 2.75) is 25.2 Å². The third-order valence-corrected chi connectivity index (χ3v) is 6.96. The van der Waals surface area contributed by atoms with E-state index in [1.807, 2.05) is 12.1 Å². The highest BCUT2D eigenvalue weighted by molar-refractivity contribution is 7.89. The third kappa shape index (κ3) is 4.97. The van der Waals surface area contributed by atoms with Gasteiger partial charge in [0.05, 0.1) is 12.0 Å². The van der Waals surface area contributed by atoms with Crippen molar-refractivity contribution in [2.75, 3.05) is 33.3 Å². The van der Waals surface area contributed by atoms with Crippen LogP contribution in [0.5, 0.6) is 5.75 Å². The second-order valence-electron chi connectivity index (χ2n) is 7.67. The zero-order valence-corrected chi connectivity index (χ0v) is 18.0. The topological polar surface area (TPSA) is 66.9 Å². The number of hydrogen-bond acceptors (Lipinski definition) is 4. The number of ether oxygens (including phenoxy) is 1. The van der Waals surface area contributed by atoms with Crippen LogP contribution in [0.2, 0.25) is 0 Å². The summed E-state index contributed by atoms with van der Waals surface area (Å²) in [7, 11) is -2.00. The summed E-state index contributed by atoms with van der Waals surface area (Å²) in [6.07, 6.45) is 0.922. The molecule has 1 aliphatic rings. The molecule has 1 aliphatic heterocycles. The Balaban J connectivity index is 1.65. The van der Waals surface area contributed by atoms with Gasteiger partial charge < -0.3 is 9.64 Å². The number of methoxy groups -OCH3 is 1. The number of carbonyl (C=O) groups is 1. The van der Waals surface area contributed by atoms with Crippen LogP contribution in [0.1, 0.15) is 29.8 Å². The predicted molar refractivity (Wildman–Crippen MR) is 113 cm³/mol. The van der Waals surface area contributed by atoms with Crippen molar-refractivity contribution in [1.29, 1.82) is 0 Å². The van der Waals surface area contributed by atoms with Gasteiger partial charge in [-0.2, -0.15) is 4.31 Å². The largest absolute Gasteiger partial charge is 0.497 e. The van der Waals surface area contributed by atoms with Crippen LogP contribution in [0.15, 0.2) is 53.4 Å². The Bertz CT molecular complexity index is 947. The summed E-state index contributed by atoms with van der Waals surface area (Å²) < 4.78 is 32.5. The van der Waals surface area contributed by atoms with Gasteiger partial charge in [0, 0.05) is 31.7 Å². The molecule has 1 amide bonds. The number of hydrogen-bond donors (Lipinski definition) is 0. The number of piperazine rings is 1. The van der Waals surface area contributed by atoms with Crippen molar-refractivity contribution in [3.05, 3.63) is 59.7 Å². The van der Waals surface area contributed by atoms with Crippen molar-refractivity contribution < 1.29 is 17.9 Å². The van der Waals surface area contributed by atoms with Gasteiger partial charge in [0.1, 0.15) is 5.75 Å². The molecular formula is C22H28N2O4S. The number of benzene rings is 2. The second-order valence-corrected chi connectivity index (χ2v) is 9.61. The van der Waals surface area contributed by atoms with E-state index in [4.69, 9.17) is 4.74 Å². The van der Waals surface area contributed by atoms with Crippen molar-refractivity contribution in [3.63, 3.8) is 0 Å². The van der Waals surface area contributed by atoms with E-state index in [0.29, 0.717) is 35.2 Å². The molecular weight excluding hydrogens is 388 g/mol. The van der Waals surface area contributed by atoms with Crippen LogP contribution in [0.3, 0.4) is 0 Å². The molecule has 0 N–H and O–H groups in total. The zero-order valence-electron chi connectivity index (χ0n) is 17.2. The number of sulfonamides is 1. The molecule has 3 rings (SSSR count). The lowest BCUT2D eigenvalue weighted by atomic mass is 10.0. The van der Waals surface area contributed by atoms with Crippen LogP contribution in [0, 0.1) is 5.92 Å². The Morgan fingerprint density at radius 3 is 2.28 bits per heavy atom. The van der Waals surface area contributed by atoms with Crippen LogP contribution in [-0.4, -0.2) is 56.8 Å². The second kappa shape index (κ2) is 8.97. The van der Waals surface area contributed by atoms with Gasteiger partial charge in [-0.25, -0.2) is 8.42 Å². The Hall–Kier alpha value is -2.38. The summed E-state index contributed by atoms with van der Waals surface area (Å²) >= 11 is 0. The molecule has 6 nitrogen and oxygen atoms in total. The van der Waals surface area contributed by atoms with E-state index in [2.05, 4.69) is 13.8 Å². The first-order valence-corrected chi connectivity index (χ1v) is 11.3. The van der Waals surface area contributed by atoms with Crippen molar-refractivity contribution in [3.8, 4) is 5.75 Å². The monoisotopic (exact) mass is 416 g/mol. The lowest BCUT2D eigenvalue weighted by Crippen LogP contribution is -2.50. The van der Waals surface area contributed by atoms with E-state index in [1.165, 1.54) is 4.31 Å². The number of amides is 1. The standard InChI is InChI=1S/C22H28N2O4S/c1-17(2)15-18-7-9-21(10-8-18)29(26,27)24-13-11-23(12-14-24)22(25)19-5-4-6-20(16-19)28-3/h4-10,16-17H,11-15H2,1-3H3. The predicted octanol–water partition coefficient (Wildman–Crippen LogP) is 3.04. The molecule has 2 aromatic carbocycles. The minimum Gasteiger partial charge on any atom is -0.497 e. The highest BCUT2D eigenvalue weighted by Gasteiger charge is 2.30. The van der Waals surface area contributed by atoms with Gasteiger partial charge >= 0.3 is 0 Å². The molecule has 156 valence electrons. The van der Waals surface area contributed by atoms with E-state index in [0.717, 1.165) is 12.0 Å². The molecule has 0 radical (unpaired) electrons. The van der Waals surface area contributed by atoms with Gasteiger partial charge in [0.2, 0.25) is 10.0 Å². The zero-order chi connectivity index (χ0) is 21.0. The maximum absolute atomic E-state index is 13.0. The molecule has 0 atom stereocenters. The molecule has 1 heterocycles. The van der Waals surface area contributed by atoms with Crippen molar-refractivity contribution >= 4 is 15.9 Å². The van der Waals surface area contributed by atoms with E-state index < -0.39 is 10.0 Å². The molecule has 0 bridgehead atoms. The third-order valence-electron chi connectivity index (χ3n) is 5.05. The summed E-state index contributed by atoms with van der Waals surface area (Å²) in [5, 5.41) is 0. The van der Waals surface area contributed by atoms with Crippen molar-refractivity contribution in [2.24, 2.45) is 5.92 Å². The molecule has 0 aromatic heterocycles. The minimum absolute atomic E-state index is 0.112. The quantitative estimate of drug-likeness (QED) is 0.726. The molecule has 2 aromatic rings. The Morgan fingerprint density at radius 2 is 1.69 bits per heavy atom. The summed E-state index contributed by atoms with van der Waals surface area (Å²) in [6.45, 7) is 5.56. The van der Waals surface area contributed by atoms with Crippen LogP contribution >= 0.6 is 0 Å². The highest BCUT2D eigenvalue weighted by Crippen LogP contribution is 2.21. The fourth-order valence-electron chi connectivity index (χ4n) is 3.49. The van der Waals surface area contributed by atoms with Gasteiger partial charge in [0.15, 0.2) is 0 Å². The smallest absolute Gasteiger partial charge is 0.254 e. The summed E-state index contributed by atoms with van der Waals surface area (Å²) in [5.74, 6) is 1.03. The molecule has 1 saturated heterocycles. The SMILES string of the molecule is COc1cccc(C(=O)N2CCN(S(=O)(=O)c3ccc(CC(C)C)cc3)CC2)c1. The molecule has 0 unspecified atom stereocenters. The maximum Gasteiger partial charge on any atom is 0.254 e. The summed E-state index contributed by atoms with van der Waals surface area (Å²) in [4.78, 5) is 14.7. The van der Waals surface area contributed by atoms with Crippen LogP contribution in [0.4, 0.5) is 0 Å². The minimum atomic E-state index is -3.56. The molecule has 7 heteroatoms. The summed E-state index contributed by atoms with van der Waals surface area (Å²) in [5.41, 5.74) is 1.68. The summed E-state index contributed by atoms with van der Waals surface area (Å²) in [6, 6.07) is 14.1. The number of rotatable bonds is 6. The van der Waals surface area contributed by atoms with Gasteiger partial charge in [0.25, 0.3) is 5.91 Å². The van der Waals surface area contributed by atoms with Gasteiger partial charge in [-0.05, 0) is 48.2 Å². The van der Waals surface area contributed by atoms with E-state index in [-0.39, 0.29) is 19.0 Å².